The number of nitrogens with zero attached hydrogens (tertiary/aromatic N) is 2. The topological polar surface area (TPSA) is 81.1 Å². The largest absolute Gasteiger partial charge is 0.310 e. The van der Waals surface area contributed by atoms with E-state index < -0.39 is 9.84 Å². The van der Waals surface area contributed by atoms with Crippen LogP contribution in [-0.2, 0) is 14.6 Å². The van der Waals surface area contributed by atoms with Crippen molar-refractivity contribution in [2.45, 2.75) is 31.6 Å². The minimum absolute atomic E-state index is 0.0688. The highest BCUT2D eigenvalue weighted by Crippen LogP contribution is 2.30. The Labute approximate surface area is 168 Å². The van der Waals surface area contributed by atoms with Gasteiger partial charge in [0.1, 0.15) is 5.82 Å². The number of thioether (sulfide) groups is 1. The molecule has 2 heterocycles. The summed E-state index contributed by atoms with van der Waals surface area (Å²) in [4.78, 5) is 12.4. The second-order valence-corrected chi connectivity index (χ2v) is 10.7. The fourth-order valence-electron chi connectivity index (χ4n) is 3.07. The van der Waals surface area contributed by atoms with Crippen molar-refractivity contribution >= 4 is 44.9 Å². The monoisotopic (exact) mass is 427 g/mol. The van der Waals surface area contributed by atoms with Gasteiger partial charge in [0.2, 0.25) is 5.91 Å². The summed E-state index contributed by atoms with van der Waals surface area (Å²) in [7, 11) is -3.02. The van der Waals surface area contributed by atoms with E-state index in [1.807, 2.05) is 38.1 Å². The summed E-state index contributed by atoms with van der Waals surface area (Å²) in [5.74, 6) is 0.941. The lowest BCUT2D eigenvalue weighted by Gasteiger charge is -2.15. The van der Waals surface area contributed by atoms with E-state index in [4.69, 9.17) is 11.6 Å². The SMILES string of the molecule is Cc1cc(NC(=O)CSC(C)c2ccc(Cl)cc2)n(C2CCS(=O)(=O)C2)n1. The molecule has 1 amide bonds. The molecule has 1 fully saturated rings. The number of hydrogen-bond acceptors (Lipinski definition) is 5. The summed E-state index contributed by atoms with van der Waals surface area (Å²) in [5.41, 5.74) is 1.85. The van der Waals surface area contributed by atoms with Crippen LogP contribution in [0, 0.1) is 6.92 Å². The van der Waals surface area contributed by atoms with Gasteiger partial charge >= 0.3 is 0 Å². The van der Waals surface area contributed by atoms with Gasteiger partial charge in [-0.15, -0.1) is 11.8 Å². The number of nitrogens with one attached hydrogen (secondary N) is 1. The molecule has 0 aliphatic carbocycles. The third-order valence-electron chi connectivity index (χ3n) is 4.48. The van der Waals surface area contributed by atoms with Crippen LogP contribution in [0.3, 0.4) is 0 Å². The van der Waals surface area contributed by atoms with Crippen molar-refractivity contribution < 1.29 is 13.2 Å². The first kappa shape index (κ1) is 20.2. The minimum Gasteiger partial charge on any atom is -0.310 e. The van der Waals surface area contributed by atoms with E-state index in [0.717, 1.165) is 11.3 Å². The van der Waals surface area contributed by atoms with Gasteiger partial charge in [-0.3, -0.25) is 4.79 Å². The van der Waals surface area contributed by atoms with Gasteiger partial charge < -0.3 is 5.32 Å². The molecule has 3 rings (SSSR count). The quantitative estimate of drug-likeness (QED) is 0.761. The summed E-state index contributed by atoms with van der Waals surface area (Å²) in [6, 6.07) is 9.14. The van der Waals surface area contributed by atoms with Crippen LogP contribution in [0.4, 0.5) is 5.82 Å². The van der Waals surface area contributed by atoms with Gasteiger partial charge in [-0.05, 0) is 38.0 Å². The van der Waals surface area contributed by atoms with Crippen molar-refractivity contribution in [1.82, 2.24) is 9.78 Å². The summed E-state index contributed by atoms with van der Waals surface area (Å²) >= 11 is 7.43. The molecule has 27 heavy (non-hydrogen) atoms. The standard InChI is InChI=1S/C18H22ClN3O3S2/c1-12-9-17(22(21-12)16-7-8-27(24,25)11-16)20-18(23)10-26-13(2)14-3-5-15(19)6-4-14/h3-6,9,13,16H,7-8,10-11H2,1-2H3,(H,20,23). The molecule has 1 aliphatic heterocycles. The first-order chi connectivity index (χ1) is 12.7. The van der Waals surface area contributed by atoms with E-state index in [1.54, 1.807) is 10.7 Å². The maximum atomic E-state index is 12.4. The third-order valence-corrected chi connectivity index (χ3v) is 7.69. The van der Waals surface area contributed by atoms with E-state index in [0.29, 0.717) is 17.3 Å². The number of hydrogen-bond donors (Lipinski definition) is 1. The number of sulfone groups is 1. The smallest absolute Gasteiger partial charge is 0.235 e. The van der Waals surface area contributed by atoms with Crippen LogP contribution in [0.1, 0.15) is 35.9 Å². The summed E-state index contributed by atoms with van der Waals surface area (Å²) in [6.45, 7) is 3.87. The van der Waals surface area contributed by atoms with Crippen LogP contribution in [0.15, 0.2) is 30.3 Å². The average molecular weight is 428 g/mol. The van der Waals surface area contributed by atoms with Crippen LogP contribution in [0.5, 0.6) is 0 Å². The molecule has 146 valence electrons. The molecule has 1 aliphatic rings. The number of halogens is 1. The van der Waals surface area contributed by atoms with Crippen LogP contribution in [0.2, 0.25) is 5.02 Å². The average Bonchev–Trinajstić information content (AvgIpc) is 3.15. The molecule has 1 saturated heterocycles. The van der Waals surface area contributed by atoms with Crippen molar-refractivity contribution in [3.8, 4) is 0 Å². The Bertz CT molecular complexity index is 926. The molecule has 9 heteroatoms. The molecule has 2 aromatic rings. The van der Waals surface area contributed by atoms with Gasteiger partial charge in [-0.25, -0.2) is 13.1 Å². The number of anilines is 1. The number of carbonyl (C=O) groups is 1. The Balaban J connectivity index is 1.60. The first-order valence-corrected chi connectivity index (χ1v) is 11.9. The molecule has 1 aromatic heterocycles. The van der Waals surface area contributed by atoms with E-state index in [9.17, 15) is 13.2 Å². The molecule has 2 unspecified atom stereocenters. The third kappa shape index (κ3) is 5.27. The number of aryl methyl sites for hydroxylation is 1. The normalized spacial score (nSPS) is 19.7. The Morgan fingerprint density at radius 3 is 2.74 bits per heavy atom. The highest BCUT2D eigenvalue weighted by atomic mass is 35.5. The molecule has 0 spiro atoms. The van der Waals surface area contributed by atoms with E-state index in [-0.39, 0.29) is 34.5 Å². The zero-order valence-electron chi connectivity index (χ0n) is 15.2. The number of rotatable bonds is 6. The lowest BCUT2D eigenvalue weighted by Crippen LogP contribution is -2.21. The molecule has 0 saturated carbocycles. The van der Waals surface area contributed by atoms with Crippen LogP contribution in [-0.4, -0.2) is 41.4 Å². The van der Waals surface area contributed by atoms with Gasteiger partial charge in [-0.2, -0.15) is 5.10 Å². The molecule has 0 radical (unpaired) electrons. The summed E-state index contributed by atoms with van der Waals surface area (Å²) in [5, 5.41) is 8.10. The maximum absolute atomic E-state index is 12.4. The van der Waals surface area contributed by atoms with Gasteiger partial charge in [0.25, 0.3) is 0 Å². The Kier molecular flexibility index (Phi) is 6.18. The highest BCUT2D eigenvalue weighted by molar-refractivity contribution is 8.00. The Morgan fingerprint density at radius 1 is 1.41 bits per heavy atom. The van der Waals surface area contributed by atoms with Crippen LogP contribution in [0.25, 0.3) is 0 Å². The number of amides is 1. The van der Waals surface area contributed by atoms with Crippen molar-refractivity contribution in [1.29, 1.82) is 0 Å². The lowest BCUT2D eigenvalue weighted by molar-refractivity contribution is -0.113. The molecule has 6 nitrogen and oxygen atoms in total. The number of carbonyl (C=O) groups excluding carboxylic acids is 1. The Hall–Kier alpha value is -1.51. The van der Waals surface area contributed by atoms with E-state index in [1.165, 1.54) is 11.8 Å². The van der Waals surface area contributed by atoms with Crippen molar-refractivity contribution in [3.05, 3.63) is 46.6 Å². The molecule has 2 atom stereocenters. The van der Waals surface area contributed by atoms with Crippen LogP contribution < -0.4 is 5.32 Å². The second-order valence-electron chi connectivity index (χ2n) is 6.73. The summed E-state index contributed by atoms with van der Waals surface area (Å²) < 4.78 is 25.1. The van der Waals surface area contributed by atoms with Gasteiger partial charge in [0.05, 0.1) is 29.0 Å². The fraction of sp³-hybridized carbons (Fsp3) is 0.444. The fourth-order valence-corrected chi connectivity index (χ4v) is 5.71. The molecule has 1 aromatic carbocycles. The van der Waals surface area contributed by atoms with Gasteiger partial charge in [0.15, 0.2) is 9.84 Å². The Morgan fingerprint density at radius 2 is 2.11 bits per heavy atom. The lowest BCUT2D eigenvalue weighted by atomic mass is 10.2. The predicted octanol–water partition coefficient (Wildman–Crippen LogP) is 3.64. The van der Waals surface area contributed by atoms with Gasteiger partial charge in [-0.1, -0.05) is 23.7 Å². The predicted molar refractivity (Wildman–Crippen MR) is 110 cm³/mol. The van der Waals surface area contributed by atoms with E-state index in [2.05, 4.69) is 10.4 Å². The van der Waals surface area contributed by atoms with Crippen LogP contribution >= 0.6 is 23.4 Å². The van der Waals surface area contributed by atoms with Crippen molar-refractivity contribution in [3.63, 3.8) is 0 Å². The number of benzene rings is 1. The molecule has 0 bridgehead atoms. The highest BCUT2D eigenvalue weighted by Gasteiger charge is 2.31. The van der Waals surface area contributed by atoms with E-state index >= 15 is 0 Å². The number of aromatic nitrogens is 2. The second kappa shape index (κ2) is 8.24. The zero-order valence-corrected chi connectivity index (χ0v) is 17.6. The van der Waals surface area contributed by atoms with Crippen molar-refractivity contribution in [2.24, 2.45) is 0 Å². The van der Waals surface area contributed by atoms with Gasteiger partial charge in [0, 0.05) is 16.3 Å². The first-order valence-electron chi connectivity index (χ1n) is 8.67. The van der Waals surface area contributed by atoms with Crippen molar-refractivity contribution in [2.75, 3.05) is 22.6 Å². The molecular weight excluding hydrogens is 406 g/mol. The molecular formula is C18H22ClN3O3S2. The maximum Gasteiger partial charge on any atom is 0.235 e. The molecule has 1 N–H and O–H groups in total. The summed E-state index contributed by atoms with van der Waals surface area (Å²) in [6.07, 6.45) is 0.522. The zero-order chi connectivity index (χ0) is 19.6. The minimum atomic E-state index is -3.02.